The van der Waals surface area contributed by atoms with E-state index in [1.807, 2.05) is 0 Å². The summed E-state index contributed by atoms with van der Waals surface area (Å²) in [6.45, 7) is 18.7. The van der Waals surface area contributed by atoms with Crippen LogP contribution in [0.25, 0.3) is 0 Å². The highest BCUT2D eigenvalue weighted by molar-refractivity contribution is 5.75. The van der Waals surface area contributed by atoms with E-state index in [4.69, 9.17) is 9.47 Å². The Hall–Kier alpha value is -2.37. The van der Waals surface area contributed by atoms with Gasteiger partial charge in [-0.15, -0.1) is 5.10 Å². The molecule has 2 N–H and O–H groups in total. The summed E-state index contributed by atoms with van der Waals surface area (Å²) in [5, 5.41) is 18.5. The van der Waals surface area contributed by atoms with Gasteiger partial charge in [-0.1, -0.05) is 53.2 Å². The van der Waals surface area contributed by atoms with Gasteiger partial charge in [-0.25, -0.2) is 0 Å². The maximum atomic E-state index is 13.4. The molecule has 8 rings (SSSR count). The van der Waals surface area contributed by atoms with Gasteiger partial charge in [-0.3, -0.25) is 14.4 Å². The summed E-state index contributed by atoms with van der Waals surface area (Å²) in [6, 6.07) is 0.843. The highest BCUT2D eigenvalue weighted by Crippen LogP contribution is 2.75. The van der Waals surface area contributed by atoms with Gasteiger partial charge in [-0.05, 0) is 134 Å². The Morgan fingerprint density at radius 1 is 0.911 bits per heavy atom. The first-order valence-corrected chi connectivity index (χ1v) is 21.8. The number of alkyl halides is 3. The molecular formula is C45H67F3N4O4. The minimum atomic E-state index is -4.57. The van der Waals surface area contributed by atoms with Crippen molar-refractivity contribution in [2.45, 2.75) is 130 Å². The van der Waals surface area contributed by atoms with Crippen LogP contribution in [0, 0.1) is 50.7 Å². The number of aliphatic carboxylic acids is 1. The Morgan fingerprint density at radius 3 is 2.25 bits per heavy atom. The minimum absolute atomic E-state index is 0.0554. The molecule has 0 bridgehead atoms. The molecule has 9 atom stereocenters. The third-order valence-corrected chi connectivity index (χ3v) is 17.8. The lowest BCUT2D eigenvalue weighted by molar-refractivity contribution is -0.205. The van der Waals surface area contributed by atoms with E-state index in [0.717, 1.165) is 68.4 Å². The van der Waals surface area contributed by atoms with Crippen molar-refractivity contribution in [2.24, 2.45) is 57.8 Å². The van der Waals surface area contributed by atoms with E-state index in [2.05, 4.69) is 62.1 Å². The molecule has 2 heterocycles. The van der Waals surface area contributed by atoms with Crippen molar-refractivity contribution in [2.75, 3.05) is 46.0 Å². The Balaban J connectivity index is 0.975. The van der Waals surface area contributed by atoms with E-state index >= 15 is 0 Å². The first-order valence-electron chi connectivity index (χ1n) is 21.8. The maximum absolute atomic E-state index is 13.4. The number of morpholine rings is 1. The van der Waals surface area contributed by atoms with Crippen LogP contribution < -0.4 is 10.1 Å². The molecule has 5 fully saturated rings. The van der Waals surface area contributed by atoms with E-state index in [0.29, 0.717) is 41.0 Å². The molecule has 8 nitrogen and oxygen atoms in total. The van der Waals surface area contributed by atoms with Crippen LogP contribution in [-0.4, -0.2) is 77.3 Å². The van der Waals surface area contributed by atoms with Crippen LogP contribution in [0.5, 0.6) is 5.88 Å². The molecule has 0 aromatic carbocycles. The van der Waals surface area contributed by atoms with E-state index < -0.39 is 23.3 Å². The molecule has 4 saturated carbocycles. The number of ether oxygens (including phenoxy) is 2. The number of hydrogen-bond acceptors (Lipinski definition) is 6. The van der Waals surface area contributed by atoms with Crippen LogP contribution >= 0.6 is 0 Å². The fourth-order valence-electron chi connectivity index (χ4n) is 15.1. The molecule has 312 valence electrons. The smallest absolute Gasteiger partial charge is 0.433 e. The molecule has 56 heavy (non-hydrogen) atoms. The highest BCUT2D eigenvalue weighted by Gasteiger charge is 2.68. The lowest BCUT2D eigenvalue weighted by Crippen LogP contribution is -2.67. The number of carbonyl (C=O) groups is 1. The number of aryl methyl sites for hydroxylation is 1. The number of allylic oxidation sites excluding steroid dienone is 4. The summed E-state index contributed by atoms with van der Waals surface area (Å²) in [6.07, 6.45) is 14.2. The first-order chi connectivity index (χ1) is 26.4. The molecule has 1 aliphatic heterocycles. The Labute approximate surface area is 332 Å². The molecule has 0 amide bonds. The third-order valence-electron chi connectivity index (χ3n) is 17.8. The monoisotopic (exact) mass is 785 g/mol. The molecule has 1 saturated heterocycles. The number of rotatable bonds is 9. The predicted octanol–water partition coefficient (Wildman–Crippen LogP) is 9.06. The molecule has 6 aliphatic carbocycles. The summed E-state index contributed by atoms with van der Waals surface area (Å²) in [4.78, 5) is 15.3. The summed E-state index contributed by atoms with van der Waals surface area (Å²) in [7, 11) is 1.21. The second-order valence-corrected chi connectivity index (χ2v) is 20.6. The number of carboxylic acids is 1. The minimum Gasteiger partial charge on any atom is -0.481 e. The molecule has 11 heteroatoms. The van der Waals surface area contributed by atoms with Gasteiger partial charge in [0, 0.05) is 44.8 Å². The van der Waals surface area contributed by atoms with Gasteiger partial charge in [0.1, 0.15) is 17.7 Å². The standard InChI is InChI=1S/C45H67F3N4O4/c1-39(2)31(30-9-19-43(20-10-30,38(53)54)29-56-37-28-36(45(46,47)48)51(6)50-37)11-16-40(3)32(39)12-17-41(4)33(40)13-18-42(5)34(41)14-21-44(15-7-8-35(42)44)49-22-23-52-24-26-55-27-25-52/h9,11,28,32-35,49H,7-8,10,12-27,29H2,1-6H3,(H,53,54)/t32?,33?,34?,35-,40+,41-,42+,43?,44+/m1/s1. The topological polar surface area (TPSA) is 88.9 Å². The van der Waals surface area contributed by atoms with Crippen molar-refractivity contribution in [3.8, 4) is 5.88 Å². The van der Waals surface area contributed by atoms with E-state index in [9.17, 15) is 23.1 Å². The molecule has 0 radical (unpaired) electrons. The molecule has 4 unspecified atom stereocenters. The molecular weight excluding hydrogens is 718 g/mol. The molecule has 0 spiro atoms. The summed E-state index contributed by atoms with van der Waals surface area (Å²) < 4.78 is 52.1. The zero-order valence-corrected chi connectivity index (χ0v) is 34.8. The van der Waals surface area contributed by atoms with Gasteiger partial charge in [0.2, 0.25) is 5.88 Å². The van der Waals surface area contributed by atoms with Crippen molar-refractivity contribution in [1.29, 1.82) is 0 Å². The van der Waals surface area contributed by atoms with Crippen molar-refractivity contribution < 1.29 is 32.5 Å². The van der Waals surface area contributed by atoms with E-state index in [-0.39, 0.29) is 29.7 Å². The normalized spacial score (nSPS) is 41.1. The van der Waals surface area contributed by atoms with Crippen LogP contribution in [-0.2, 0) is 22.8 Å². The number of aromatic nitrogens is 2. The lowest BCUT2D eigenvalue weighted by Gasteiger charge is -2.71. The van der Waals surface area contributed by atoms with Crippen molar-refractivity contribution in [3.63, 3.8) is 0 Å². The van der Waals surface area contributed by atoms with E-state index in [1.54, 1.807) is 0 Å². The second-order valence-electron chi connectivity index (χ2n) is 20.6. The number of fused-ring (bicyclic) bond motifs is 7. The molecule has 7 aliphatic rings. The van der Waals surface area contributed by atoms with Crippen LogP contribution in [0.4, 0.5) is 13.2 Å². The number of hydrogen-bond donors (Lipinski definition) is 2. The Morgan fingerprint density at radius 2 is 1.59 bits per heavy atom. The Bertz CT molecular complexity index is 1730. The first kappa shape index (κ1) is 40.4. The van der Waals surface area contributed by atoms with Crippen LogP contribution in [0.1, 0.15) is 124 Å². The van der Waals surface area contributed by atoms with Gasteiger partial charge < -0.3 is 19.9 Å². The van der Waals surface area contributed by atoms with Gasteiger partial charge >= 0.3 is 12.1 Å². The summed E-state index contributed by atoms with van der Waals surface area (Å²) >= 11 is 0. The third kappa shape index (κ3) is 6.42. The maximum Gasteiger partial charge on any atom is 0.433 e. The largest absolute Gasteiger partial charge is 0.481 e. The van der Waals surface area contributed by atoms with Gasteiger partial charge in [-0.2, -0.15) is 13.2 Å². The van der Waals surface area contributed by atoms with Crippen LogP contribution in [0.3, 0.4) is 0 Å². The zero-order chi connectivity index (χ0) is 39.9. The fourth-order valence-corrected chi connectivity index (χ4v) is 15.1. The second kappa shape index (κ2) is 14.1. The van der Waals surface area contributed by atoms with Crippen molar-refractivity contribution >= 4 is 5.97 Å². The van der Waals surface area contributed by atoms with Crippen LogP contribution in [0.15, 0.2) is 29.4 Å². The SMILES string of the molecule is Cn1nc(OCC2(C(=O)O)CC=C(C3=CC[C@@]4(C)C(CC[C@]5(C)C4CC[C@@]4(C)C5CC[C@@]5(NCCN6CCOCC6)CCC[C@@H]54)C3(C)C)CC2)cc1C(F)(F)F. The average molecular weight is 785 g/mol. The van der Waals surface area contributed by atoms with Crippen LogP contribution in [0.2, 0.25) is 0 Å². The highest BCUT2D eigenvalue weighted by atomic mass is 19.4. The number of halogens is 3. The van der Waals surface area contributed by atoms with Gasteiger partial charge in [0.15, 0.2) is 0 Å². The van der Waals surface area contributed by atoms with Gasteiger partial charge in [0.25, 0.3) is 0 Å². The quantitative estimate of drug-likeness (QED) is 0.259. The summed E-state index contributed by atoms with van der Waals surface area (Å²) in [5.41, 5.74) is 1.59. The molecule has 1 aromatic rings. The average Bonchev–Trinajstić information content (AvgIpc) is 3.75. The number of nitrogens with one attached hydrogen (secondary N) is 1. The zero-order valence-electron chi connectivity index (χ0n) is 34.8. The number of nitrogens with zero attached hydrogens (tertiary/aromatic N) is 3. The Kier molecular flexibility index (Phi) is 10.2. The molecule has 1 aromatic heterocycles. The lowest BCUT2D eigenvalue weighted by atomic mass is 9.34. The van der Waals surface area contributed by atoms with Gasteiger partial charge in [0.05, 0.1) is 13.2 Å². The predicted molar refractivity (Wildman–Crippen MR) is 210 cm³/mol. The van der Waals surface area contributed by atoms with Crippen molar-refractivity contribution in [1.82, 2.24) is 20.0 Å². The van der Waals surface area contributed by atoms with E-state index in [1.165, 1.54) is 76.0 Å². The number of carboxylic acid groups (broad SMARTS) is 1. The van der Waals surface area contributed by atoms with Crippen molar-refractivity contribution in [3.05, 3.63) is 35.1 Å². The summed E-state index contributed by atoms with van der Waals surface area (Å²) in [5.74, 6) is 1.52. The fraction of sp³-hybridized carbons (Fsp3) is 0.822.